The molecule has 0 saturated heterocycles. The second-order valence-corrected chi connectivity index (χ2v) is 2.39. The molecule has 0 aliphatic heterocycles. The van der Waals surface area contributed by atoms with E-state index < -0.39 is 5.24 Å². The molecule has 58 valence electrons. The average molecular weight is 171 g/mol. The van der Waals surface area contributed by atoms with Crippen LogP contribution in [0.1, 0.15) is 16.1 Å². The monoisotopic (exact) mass is 170 g/mol. The van der Waals surface area contributed by atoms with Crippen molar-refractivity contribution in [1.29, 1.82) is 0 Å². The van der Waals surface area contributed by atoms with Crippen molar-refractivity contribution in [1.82, 2.24) is 9.78 Å². The zero-order valence-electron chi connectivity index (χ0n) is 6.04. The van der Waals surface area contributed by atoms with Crippen molar-refractivity contribution in [3.05, 3.63) is 24.0 Å². The van der Waals surface area contributed by atoms with E-state index in [4.69, 9.17) is 11.6 Å². The smallest absolute Gasteiger partial charge is 0.271 e. The van der Waals surface area contributed by atoms with Crippen molar-refractivity contribution < 1.29 is 4.79 Å². The molecular weight excluding hydrogens is 164 g/mol. The molecule has 11 heavy (non-hydrogen) atoms. The lowest BCUT2D eigenvalue weighted by molar-refractivity contribution is 0.107. The summed E-state index contributed by atoms with van der Waals surface area (Å²) in [7, 11) is 1.66. The third kappa shape index (κ3) is 1.33. The van der Waals surface area contributed by atoms with Crippen LogP contribution in [0.3, 0.4) is 0 Å². The van der Waals surface area contributed by atoms with Gasteiger partial charge in [0, 0.05) is 12.6 Å². The maximum Gasteiger partial charge on any atom is 0.271 e. The van der Waals surface area contributed by atoms with Crippen molar-refractivity contribution in [2.75, 3.05) is 0 Å². The van der Waals surface area contributed by atoms with Gasteiger partial charge in [-0.25, -0.2) is 0 Å². The molecule has 0 saturated carbocycles. The summed E-state index contributed by atoms with van der Waals surface area (Å²) in [5, 5.41) is 3.33. The molecule has 0 N–H and O–H groups in total. The van der Waals surface area contributed by atoms with Crippen LogP contribution in [0.2, 0.25) is 0 Å². The minimum atomic E-state index is -0.514. The van der Waals surface area contributed by atoms with Crippen LogP contribution in [0.25, 0.3) is 6.08 Å². The van der Waals surface area contributed by atoms with Gasteiger partial charge >= 0.3 is 0 Å². The van der Waals surface area contributed by atoms with E-state index >= 15 is 0 Å². The van der Waals surface area contributed by atoms with E-state index in [1.54, 1.807) is 19.3 Å². The molecule has 0 bridgehead atoms. The van der Waals surface area contributed by atoms with Gasteiger partial charge in [0.15, 0.2) is 0 Å². The molecule has 0 unspecified atom stereocenters. The molecule has 0 fully saturated rings. The summed E-state index contributed by atoms with van der Waals surface area (Å²) in [6.45, 7) is 3.52. The summed E-state index contributed by atoms with van der Waals surface area (Å²) in [4.78, 5) is 10.8. The van der Waals surface area contributed by atoms with Crippen molar-refractivity contribution >= 4 is 22.9 Å². The van der Waals surface area contributed by atoms with E-state index in [9.17, 15) is 4.79 Å². The molecule has 0 aliphatic rings. The largest absolute Gasteiger partial charge is 0.274 e. The molecule has 3 nitrogen and oxygen atoms in total. The van der Waals surface area contributed by atoms with Crippen LogP contribution in [-0.2, 0) is 7.05 Å². The molecule has 0 atom stereocenters. The van der Waals surface area contributed by atoms with E-state index in [2.05, 4.69) is 11.7 Å². The van der Waals surface area contributed by atoms with E-state index in [-0.39, 0.29) is 0 Å². The highest BCUT2D eigenvalue weighted by Gasteiger charge is 2.11. The Morgan fingerprint density at radius 3 is 2.91 bits per heavy atom. The molecule has 0 aromatic carbocycles. The highest BCUT2D eigenvalue weighted by atomic mass is 35.5. The molecule has 0 radical (unpaired) electrons. The quantitative estimate of drug-likeness (QED) is 0.630. The van der Waals surface area contributed by atoms with Gasteiger partial charge in [0.1, 0.15) is 5.69 Å². The summed E-state index contributed by atoms with van der Waals surface area (Å²) in [5.41, 5.74) is 1.04. The van der Waals surface area contributed by atoms with E-state index in [0.29, 0.717) is 11.3 Å². The van der Waals surface area contributed by atoms with Gasteiger partial charge in [0.25, 0.3) is 5.24 Å². The standard InChI is InChI=1S/C7H7ClN2O/c1-3-5-4-9-10(2)6(5)7(8)11/h3-4H,1H2,2H3. The van der Waals surface area contributed by atoms with Crippen LogP contribution in [0, 0.1) is 0 Å². The van der Waals surface area contributed by atoms with Crippen molar-refractivity contribution in [2.45, 2.75) is 0 Å². The Hall–Kier alpha value is -1.09. The Morgan fingerprint density at radius 2 is 2.55 bits per heavy atom. The molecule has 1 heterocycles. The maximum atomic E-state index is 10.8. The minimum Gasteiger partial charge on any atom is -0.274 e. The lowest BCUT2D eigenvalue weighted by Crippen LogP contribution is -2.02. The second-order valence-electron chi connectivity index (χ2n) is 2.05. The number of nitrogens with zero attached hydrogens (tertiary/aromatic N) is 2. The normalized spacial score (nSPS) is 9.64. The van der Waals surface area contributed by atoms with Crippen LogP contribution in [0.5, 0.6) is 0 Å². The fourth-order valence-corrected chi connectivity index (χ4v) is 1.08. The number of hydrogen-bond acceptors (Lipinski definition) is 2. The fraction of sp³-hybridized carbons (Fsp3) is 0.143. The minimum absolute atomic E-state index is 0.377. The van der Waals surface area contributed by atoms with Gasteiger partial charge in [-0.2, -0.15) is 5.10 Å². The molecule has 0 aliphatic carbocycles. The summed E-state index contributed by atoms with van der Waals surface area (Å²) in [5.74, 6) is 0. The second kappa shape index (κ2) is 2.88. The Bertz CT molecular complexity index is 303. The SMILES string of the molecule is C=Cc1cnn(C)c1C(=O)Cl. The average Bonchev–Trinajstić information content (AvgIpc) is 2.30. The van der Waals surface area contributed by atoms with Crippen molar-refractivity contribution in [3.63, 3.8) is 0 Å². The van der Waals surface area contributed by atoms with Crippen LogP contribution >= 0.6 is 11.6 Å². The Labute approximate surface area is 69.3 Å². The van der Waals surface area contributed by atoms with E-state index in [1.165, 1.54) is 4.68 Å². The Morgan fingerprint density at radius 1 is 1.91 bits per heavy atom. The number of aromatic nitrogens is 2. The first-order valence-corrected chi connectivity index (χ1v) is 3.39. The van der Waals surface area contributed by atoms with E-state index in [1.807, 2.05) is 0 Å². The lowest BCUT2D eigenvalue weighted by Gasteiger charge is -1.94. The number of rotatable bonds is 2. The number of carbonyl (C=O) groups excluding carboxylic acids is 1. The lowest BCUT2D eigenvalue weighted by atomic mass is 10.2. The molecule has 0 spiro atoms. The van der Waals surface area contributed by atoms with Gasteiger partial charge in [0.2, 0.25) is 0 Å². The first-order chi connectivity index (χ1) is 5.16. The third-order valence-corrected chi connectivity index (χ3v) is 1.55. The summed E-state index contributed by atoms with van der Waals surface area (Å²) in [6.07, 6.45) is 3.09. The number of carbonyl (C=O) groups is 1. The van der Waals surface area contributed by atoms with Crippen LogP contribution in [-0.4, -0.2) is 15.0 Å². The Balaban J connectivity index is 3.28. The van der Waals surface area contributed by atoms with Crippen LogP contribution in [0.4, 0.5) is 0 Å². The van der Waals surface area contributed by atoms with Gasteiger partial charge in [-0.05, 0) is 11.6 Å². The molecule has 1 rings (SSSR count). The van der Waals surface area contributed by atoms with Gasteiger partial charge < -0.3 is 0 Å². The maximum absolute atomic E-state index is 10.8. The molecular formula is C7H7ClN2O. The molecule has 1 aromatic rings. The topological polar surface area (TPSA) is 34.9 Å². The zero-order chi connectivity index (χ0) is 8.43. The third-order valence-electron chi connectivity index (χ3n) is 1.37. The van der Waals surface area contributed by atoms with Crippen LogP contribution < -0.4 is 0 Å². The summed E-state index contributed by atoms with van der Waals surface area (Å²) < 4.78 is 1.42. The fourth-order valence-electron chi connectivity index (χ4n) is 0.845. The highest BCUT2D eigenvalue weighted by Crippen LogP contribution is 2.10. The van der Waals surface area contributed by atoms with Crippen molar-refractivity contribution in [3.8, 4) is 0 Å². The molecule has 0 amide bonds. The Kier molecular flexibility index (Phi) is 2.10. The van der Waals surface area contributed by atoms with Crippen LogP contribution in [0.15, 0.2) is 12.8 Å². The molecule has 1 aromatic heterocycles. The number of halogens is 1. The first kappa shape index (κ1) is 8.01. The number of aryl methyl sites for hydroxylation is 1. The highest BCUT2D eigenvalue weighted by molar-refractivity contribution is 6.67. The van der Waals surface area contributed by atoms with Gasteiger partial charge in [-0.15, -0.1) is 0 Å². The van der Waals surface area contributed by atoms with Crippen molar-refractivity contribution in [2.24, 2.45) is 7.05 Å². The molecule has 4 heteroatoms. The summed E-state index contributed by atoms with van der Waals surface area (Å²) >= 11 is 5.29. The zero-order valence-corrected chi connectivity index (χ0v) is 6.80. The summed E-state index contributed by atoms with van der Waals surface area (Å²) in [6, 6.07) is 0. The predicted octanol–water partition coefficient (Wildman–Crippen LogP) is 1.44. The van der Waals surface area contributed by atoms with E-state index in [0.717, 1.165) is 0 Å². The predicted molar refractivity (Wildman–Crippen MR) is 43.5 cm³/mol. The van der Waals surface area contributed by atoms with Gasteiger partial charge in [-0.1, -0.05) is 12.7 Å². The first-order valence-electron chi connectivity index (χ1n) is 3.01. The van der Waals surface area contributed by atoms with Gasteiger partial charge in [0.05, 0.1) is 6.20 Å². The number of hydrogen-bond donors (Lipinski definition) is 0. The van der Waals surface area contributed by atoms with Gasteiger partial charge in [-0.3, -0.25) is 9.48 Å².